The lowest BCUT2D eigenvalue weighted by molar-refractivity contribution is 0.0697. The van der Waals surface area contributed by atoms with Crippen LogP contribution in [0.1, 0.15) is 23.7 Å². The molecule has 0 amide bonds. The molecule has 1 rings (SSSR count). The number of hydrogen-bond acceptors (Lipinski definition) is 3. The van der Waals surface area contributed by atoms with Crippen molar-refractivity contribution >= 4 is 17.7 Å². The van der Waals surface area contributed by atoms with Crippen LogP contribution >= 0.6 is 11.8 Å². The molecule has 16 heavy (non-hydrogen) atoms. The van der Waals surface area contributed by atoms with Gasteiger partial charge in [0, 0.05) is 23.9 Å². The fourth-order valence-corrected chi connectivity index (χ4v) is 2.22. The summed E-state index contributed by atoms with van der Waals surface area (Å²) >= 11 is 1.73. The number of thioether (sulfide) groups is 1. The number of benzene rings is 1. The molecular formula is C12H16O3S. The normalized spacial score (nSPS) is 12.4. The molecule has 1 unspecified atom stereocenters. The molecule has 0 aromatic heterocycles. The standard InChI is InChI=1S/C12H16O3S/c1-9(7-8-15-2)16-11-5-3-10(4-6-11)12(13)14/h3-6,9H,7-8H2,1-2H3,(H,13,14). The van der Waals surface area contributed by atoms with Crippen LogP contribution in [0.25, 0.3) is 0 Å². The zero-order chi connectivity index (χ0) is 12.0. The van der Waals surface area contributed by atoms with Crippen molar-refractivity contribution in [1.29, 1.82) is 0 Å². The summed E-state index contributed by atoms with van der Waals surface area (Å²) in [7, 11) is 1.69. The Morgan fingerprint density at radius 3 is 2.56 bits per heavy atom. The van der Waals surface area contributed by atoms with Crippen molar-refractivity contribution in [3.63, 3.8) is 0 Å². The SMILES string of the molecule is COCCC(C)Sc1ccc(C(=O)O)cc1. The average molecular weight is 240 g/mol. The van der Waals surface area contributed by atoms with Crippen LogP contribution in [0.15, 0.2) is 29.2 Å². The van der Waals surface area contributed by atoms with Gasteiger partial charge in [-0.3, -0.25) is 0 Å². The molecule has 1 aromatic carbocycles. The van der Waals surface area contributed by atoms with Gasteiger partial charge in [-0.1, -0.05) is 6.92 Å². The summed E-state index contributed by atoms with van der Waals surface area (Å²) in [6.45, 7) is 2.89. The third kappa shape index (κ3) is 4.24. The largest absolute Gasteiger partial charge is 0.478 e. The smallest absolute Gasteiger partial charge is 0.335 e. The number of ether oxygens (including phenoxy) is 1. The van der Waals surface area contributed by atoms with Gasteiger partial charge in [0.2, 0.25) is 0 Å². The molecule has 0 heterocycles. The maximum absolute atomic E-state index is 10.7. The second-order valence-electron chi connectivity index (χ2n) is 3.54. The third-order valence-corrected chi connectivity index (χ3v) is 3.35. The van der Waals surface area contributed by atoms with Crippen molar-refractivity contribution in [3.8, 4) is 0 Å². The molecule has 0 bridgehead atoms. The first-order valence-electron chi connectivity index (χ1n) is 5.12. The second-order valence-corrected chi connectivity index (χ2v) is 5.05. The minimum absolute atomic E-state index is 0.328. The first-order valence-corrected chi connectivity index (χ1v) is 6.00. The van der Waals surface area contributed by atoms with Crippen molar-refractivity contribution in [3.05, 3.63) is 29.8 Å². The van der Waals surface area contributed by atoms with Gasteiger partial charge in [-0.25, -0.2) is 4.79 Å². The summed E-state index contributed by atoms with van der Waals surface area (Å²) < 4.78 is 5.01. The summed E-state index contributed by atoms with van der Waals surface area (Å²) in [5.74, 6) is -0.885. The van der Waals surface area contributed by atoms with E-state index in [9.17, 15) is 4.79 Å². The van der Waals surface area contributed by atoms with Crippen LogP contribution in [-0.2, 0) is 4.74 Å². The van der Waals surface area contributed by atoms with Crippen LogP contribution in [0.3, 0.4) is 0 Å². The van der Waals surface area contributed by atoms with E-state index < -0.39 is 5.97 Å². The van der Waals surface area contributed by atoms with Crippen LogP contribution in [0.4, 0.5) is 0 Å². The molecule has 0 aliphatic heterocycles. The number of rotatable bonds is 6. The first kappa shape index (κ1) is 13.1. The molecule has 1 N–H and O–H groups in total. The first-order chi connectivity index (χ1) is 7.63. The molecule has 3 nitrogen and oxygen atoms in total. The van der Waals surface area contributed by atoms with Crippen molar-refractivity contribution < 1.29 is 14.6 Å². The van der Waals surface area contributed by atoms with Crippen molar-refractivity contribution in [2.24, 2.45) is 0 Å². The van der Waals surface area contributed by atoms with Crippen LogP contribution in [0.2, 0.25) is 0 Å². The van der Waals surface area contributed by atoms with Crippen LogP contribution in [-0.4, -0.2) is 30.0 Å². The third-order valence-electron chi connectivity index (χ3n) is 2.17. The highest BCUT2D eigenvalue weighted by Crippen LogP contribution is 2.25. The molecule has 88 valence electrons. The molecule has 0 saturated carbocycles. The zero-order valence-electron chi connectivity index (χ0n) is 9.47. The Bertz CT molecular complexity index is 335. The number of carboxylic acid groups (broad SMARTS) is 1. The Kier molecular flexibility index (Phi) is 5.35. The Morgan fingerprint density at radius 1 is 1.44 bits per heavy atom. The van der Waals surface area contributed by atoms with Gasteiger partial charge in [-0.15, -0.1) is 11.8 Å². The predicted molar refractivity (Wildman–Crippen MR) is 65.2 cm³/mol. The average Bonchev–Trinajstić information content (AvgIpc) is 2.27. The van der Waals surface area contributed by atoms with E-state index in [2.05, 4.69) is 6.92 Å². The lowest BCUT2D eigenvalue weighted by Gasteiger charge is -2.10. The summed E-state index contributed by atoms with van der Waals surface area (Å²) in [5.41, 5.74) is 0.328. The van der Waals surface area contributed by atoms with E-state index in [0.29, 0.717) is 10.8 Å². The Labute approximate surface area is 99.8 Å². The molecule has 0 spiro atoms. The zero-order valence-corrected chi connectivity index (χ0v) is 10.3. The van der Waals surface area contributed by atoms with Crippen molar-refractivity contribution in [2.45, 2.75) is 23.5 Å². The monoisotopic (exact) mass is 240 g/mol. The van der Waals surface area contributed by atoms with Gasteiger partial charge in [-0.2, -0.15) is 0 Å². The molecule has 0 fully saturated rings. The highest BCUT2D eigenvalue weighted by Gasteiger charge is 2.06. The molecule has 4 heteroatoms. The number of methoxy groups -OCH3 is 1. The van der Waals surface area contributed by atoms with E-state index in [0.717, 1.165) is 17.9 Å². The lowest BCUT2D eigenvalue weighted by Crippen LogP contribution is -2.01. The van der Waals surface area contributed by atoms with E-state index in [-0.39, 0.29) is 0 Å². The quantitative estimate of drug-likeness (QED) is 0.777. The molecule has 1 atom stereocenters. The van der Waals surface area contributed by atoms with Crippen molar-refractivity contribution in [2.75, 3.05) is 13.7 Å². The lowest BCUT2D eigenvalue weighted by atomic mass is 10.2. The Hall–Kier alpha value is -1.00. The minimum atomic E-state index is -0.885. The van der Waals surface area contributed by atoms with Gasteiger partial charge in [0.05, 0.1) is 5.56 Å². The van der Waals surface area contributed by atoms with E-state index in [1.165, 1.54) is 0 Å². The minimum Gasteiger partial charge on any atom is -0.478 e. The fraction of sp³-hybridized carbons (Fsp3) is 0.417. The molecule has 0 aliphatic carbocycles. The number of carbonyl (C=O) groups is 1. The number of hydrogen-bond donors (Lipinski definition) is 1. The summed E-state index contributed by atoms with van der Waals surface area (Å²) in [5, 5.41) is 9.22. The highest BCUT2D eigenvalue weighted by molar-refractivity contribution is 7.99. The van der Waals surface area contributed by atoms with E-state index >= 15 is 0 Å². The van der Waals surface area contributed by atoms with Crippen LogP contribution in [0.5, 0.6) is 0 Å². The molecule has 0 radical (unpaired) electrons. The molecule has 1 aromatic rings. The predicted octanol–water partition coefficient (Wildman–Crippen LogP) is 2.90. The van der Waals surface area contributed by atoms with E-state index in [1.807, 2.05) is 12.1 Å². The van der Waals surface area contributed by atoms with E-state index in [1.54, 1.807) is 31.0 Å². The summed E-state index contributed by atoms with van der Waals surface area (Å²) in [6, 6.07) is 6.95. The summed E-state index contributed by atoms with van der Waals surface area (Å²) in [6.07, 6.45) is 0.988. The van der Waals surface area contributed by atoms with Gasteiger partial charge in [0.15, 0.2) is 0 Å². The van der Waals surface area contributed by atoms with E-state index in [4.69, 9.17) is 9.84 Å². The molecule has 0 saturated heterocycles. The van der Waals surface area contributed by atoms with Gasteiger partial charge < -0.3 is 9.84 Å². The second kappa shape index (κ2) is 6.55. The fourth-order valence-electron chi connectivity index (χ4n) is 1.25. The van der Waals surface area contributed by atoms with Crippen LogP contribution < -0.4 is 0 Å². The topological polar surface area (TPSA) is 46.5 Å². The van der Waals surface area contributed by atoms with Gasteiger partial charge in [-0.05, 0) is 30.7 Å². The Balaban J connectivity index is 2.51. The Morgan fingerprint density at radius 2 is 2.06 bits per heavy atom. The van der Waals surface area contributed by atoms with Crippen LogP contribution in [0, 0.1) is 0 Å². The number of aromatic carboxylic acids is 1. The maximum atomic E-state index is 10.7. The van der Waals surface area contributed by atoms with Gasteiger partial charge >= 0.3 is 5.97 Å². The maximum Gasteiger partial charge on any atom is 0.335 e. The summed E-state index contributed by atoms with van der Waals surface area (Å²) in [4.78, 5) is 11.7. The molecular weight excluding hydrogens is 224 g/mol. The number of carboxylic acids is 1. The highest BCUT2D eigenvalue weighted by atomic mass is 32.2. The molecule has 0 aliphatic rings. The van der Waals surface area contributed by atoms with Gasteiger partial charge in [0.1, 0.15) is 0 Å². The van der Waals surface area contributed by atoms with Crippen molar-refractivity contribution in [1.82, 2.24) is 0 Å². The van der Waals surface area contributed by atoms with Gasteiger partial charge in [0.25, 0.3) is 0 Å².